The van der Waals surface area contributed by atoms with E-state index in [0.29, 0.717) is 5.95 Å². The SMILES string of the molecule is Cc1cnc(N)nc1N(C)Cc1csc(Br)c1. The Balaban J connectivity index is 2.19. The molecule has 0 saturated carbocycles. The fraction of sp³-hybridized carbons (Fsp3) is 0.273. The van der Waals surface area contributed by atoms with Gasteiger partial charge in [-0.05, 0) is 39.9 Å². The lowest BCUT2D eigenvalue weighted by molar-refractivity contribution is 0.888. The molecule has 0 spiro atoms. The minimum Gasteiger partial charge on any atom is -0.368 e. The molecule has 6 heteroatoms. The number of rotatable bonds is 3. The molecule has 0 aliphatic rings. The molecule has 2 heterocycles. The van der Waals surface area contributed by atoms with Crippen molar-refractivity contribution < 1.29 is 0 Å². The van der Waals surface area contributed by atoms with Crippen LogP contribution in [0.5, 0.6) is 0 Å². The predicted molar refractivity (Wildman–Crippen MR) is 75.3 cm³/mol. The average molecular weight is 313 g/mol. The molecule has 0 aliphatic heterocycles. The van der Waals surface area contributed by atoms with Crippen LogP contribution < -0.4 is 10.6 Å². The van der Waals surface area contributed by atoms with Gasteiger partial charge < -0.3 is 10.6 Å². The van der Waals surface area contributed by atoms with Crippen LogP contribution in [-0.2, 0) is 6.54 Å². The van der Waals surface area contributed by atoms with Crippen molar-refractivity contribution in [3.8, 4) is 0 Å². The zero-order chi connectivity index (χ0) is 12.4. The van der Waals surface area contributed by atoms with Crippen molar-refractivity contribution >= 4 is 39.0 Å². The van der Waals surface area contributed by atoms with Gasteiger partial charge in [0.2, 0.25) is 5.95 Å². The summed E-state index contributed by atoms with van der Waals surface area (Å²) < 4.78 is 1.14. The predicted octanol–water partition coefficient (Wildman–Crippen LogP) is 2.83. The minimum atomic E-state index is 0.309. The van der Waals surface area contributed by atoms with Crippen molar-refractivity contribution in [2.45, 2.75) is 13.5 Å². The Labute approximate surface area is 113 Å². The fourth-order valence-electron chi connectivity index (χ4n) is 1.61. The maximum Gasteiger partial charge on any atom is 0.221 e. The maximum absolute atomic E-state index is 5.61. The summed E-state index contributed by atoms with van der Waals surface area (Å²) in [5, 5.41) is 2.13. The van der Waals surface area contributed by atoms with E-state index in [9.17, 15) is 0 Å². The summed E-state index contributed by atoms with van der Waals surface area (Å²) in [6, 6.07) is 2.11. The topological polar surface area (TPSA) is 55.0 Å². The van der Waals surface area contributed by atoms with Crippen LogP contribution in [-0.4, -0.2) is 17.0 Å². The smallest absolute Gasteiger partial charge is 0.221 e. The second-order valence-corrected chi connectivity index (χ2v) is 6.14. The molecule has 2 aromatic heterocycles. The summed E-state index contributed by atoms with van der Waals surface area (Å²) in [6.07, 6.45) is 1.75. The minimum absolute atomic E-state index is 0.309. The van der Waals surface area contributed by atoms with Crippen molar-refractivity contribution in [1.82, 2.24) is 9.97 Å². The summed E-state index contributed by atoms with van der Waals surface area (Å²) >= 11 is 5.14. The molecule has 90 valence electrons. The number of aromatic nitrogens is 2. The summed E-state index contributed by atoms with van der Waals surface area (Å²) in [5.74, 6) is 1.18. The average Bonchev–Trinajstić information content (AvgIpc) is 2.67. The lowest BCUT2D eigenvalue weighted by Crippen LogP contribution is -2.19. The van der Waals surface area contributed by atoms with E-state index in [-0.39, 0.29) is 0 Å². The number of hydrogen-bond donors (Lipinski definition) is 1. The van der Waals surface area contributed by atoms with Gasteiger partial charge >= 0.3 is 0 Å². The highest BCUT2D eigenvalue weighted by atomic mass is 79.9. The van der Waals surface area contributed by atoms with Crippen LogP contribution in [0.25, 0.3) is 0 Å². The summed E-state index contributed by atoms with van der Waals surface area (Å²) in [6.45, 7) is 2.79. The first-order chi connectivity index (χ1) is 8.06. The van der Waals surface area contributed by atoms with Gasteiger partial charge in [0.25, 0.3) is 0 Å². The molecule has 0 unspecified atom stereocenters. The van der Waals surface area contributed by atoms with Crippen LogP contribution >= 0.6 is 27.3 Å². The number of aryl methyl sites for hydroxylation is 1. The second-order valence-electron chi connectivity index (χ2n) is 3.85. The summed E-state index contributed by atoms with van der Waals surface area (Å²) in [7, 11) is 2.00. The van der Waals surface area contributed by atoms with Crippen LogP contribution in [0.4, 0.5) is 11.8 Å². The molecule has 2 aromatic rings. The van der Waals surface area contributed by atoms with E-state index in [0.717, 1.165) is 21.7 Å². The molecule has 0 aromatic carbocycles. The number of nitrogen functional groups attached to an aromatic ring is 1. The maximum atomic E-state index is 5.61. The van der Waals surface area contributed by atoms with E-state index in [1.54, 1.807) is 17.5 Å². The largest absolute Gasteiger partial charge is 0.368 e. The Morgan fingerprint density at radius 3 is 2.94 bits per heavy atom. The van der Waals surface area contributed by atoms with E-state index in [4.69, 9.17) is 5.73 Å². The van der Waals surface area contributed by atoms with Gasteiger partial charge in [0.05, 0.1) is 3.79 Å². The number of thiophene rings is 1. The van der Waals surface area contributed by atoms with Gasteiger partial charge in [-0.25, -0.2) is 4.98 Å². The quantitative estimate of drug-likeness (QED) is 0.947. The van der Waals surface area contributed by atoms with Crippen molar-refractivity contribution in [3.05, 3.63) is 32.6 Å². The van der Waals surface area contributed by atoms with Crippen LogP contribution in [0.3, 0.4) is 0 Å². The first-order valence-electron chi connectivity index (χ1n) is 5.09. The van der Waals surface area contributed by atoms with Crippen LogP contribution in [0.1, 0.15) is 11.1 Å². The van der Waals surface area contributed by atoms with Crippen LogP contribution in [0.15, 0.2) is 21.4 Å². The molecule has 4 nitrogen and oxygen atoms in total. The first-order valence-corrected chi connectivity index (χ1v) is 6.76. The van der Waals surface area contributed by atoms with Crippen molar-refractivity contribution in [2.24, 2.45) is 0 Å². The molecule has 0 amide bonds. The molecular formula is C11H13BrN4S. The molecule has 0 radical (unpaired) electrons. The Bertz CT molecular complexity index is 526. The van der Waals surface area contributed by atoms with Gasteiger partial charge in [-0.15, -0.1) is 11.3 Å². The second kappa shape index (κ2) is 5.01. The number of nitrogens with two attached hydrogens (primary N) is 1. The number of nitrogens with zero attached hydrogens (tertiary/aromatic N) is 3. The first kappa shape index (κ1) is 12.3. The molecule has 0 bridgehead atoms. The summed E-state index contributed by atoms with van der Waals surface area (Å²) in [4.78, 5) is 10.3. The molecule has 2 N–H and O–H groups in total. The highest BCUT2D eigenvalue weighted by molar-refractivity contribution is 9.11. The summed E-state index contributed by atoms with van der Waals surface area (Å²) in [5.41, 5.74) is 7.88. The third-order valence-corrected chi connectivity index (χ3v) is 3.92. The van der Waals surface area contributed by atoms with Crippen molar-refractivity contribution in [2.75, 3.05) is 17.7 Å². The van der Waals surface area contributed by atoms with Crippen molar-refractivity contribution in [3.63, 3.8) is 0 Å². The van der Waals surface area contributed by atoms with Crippen molar-refractivity contribution in [1.29, 1.82) is 0 Å². The zero-order valence-corrected chi connectivity index (χ0v) is 12.0. The fourth-order valence-corrected chi connectivity index (χ4v) is 2.81. The lowest BCUT2D eigenvalue weighted by Gasteiger charge is -2.19. The molecule has 2 rings (SSSR count). The molecule has 0 atom stereocenters. The lowest BCUT2D eigenvalue weighted by atomic mass is 10.3. The van der Waals surface area contributed by atoms with E-state index in [1.807, 2.05) is 14.0 Å². The third kappa shape index (κ3) is 2.95. The number of anilines is 2. The van der Waals surface area contributed by atoms with E-state index in [2.05, 4.69) is 42.2 Å². The number of halogens is 1. The van der Waals surface area contributed by atoms with Crippen LogP contribution in [0.2, 0.25) is 0 Å². The molecule has 0 fully saturated rings. The van der Waals surface area contributed by atoms with Gasteiger partial charge in [0, 0.05) is 25.4 Å². The Hall–Kier alpha value is -1.14. The molecule has 0 aliphatic carbocycles. The van der Waals surface area contributed by atoms with Gasteiger partial charge in [0.15, 0.2) is 0 Å². The molecule has 17 heavy (non-hydrogen) atoms. The van der Waals surface area contributed by atoms with E-state index < -0.39 is 0 Å². The van der Waals surface area contributed by atoms with Gasteiger partial charge in [0.1, 0.15) is 5.82 Å². The monoisotopic (exact) mass is 312 g/mol. The number of hydrogen-bond acceptors (Lipinski definition) is 5. The Morgan fingerprint density at radius 2 is 2.29 bits per heavy atom. The highest BCUT2D eigenvalue weighted by Crippen LogP contribution is 2.23. The van der Waals surface area contributed by atoms with Gasteiger partial charge in [-0.1, -0.05) is 0 Å². The standard InChI is InChI=1S/C11H13BrN4S/c1-7-4-14-11(13)15-10(7)16(2)5-8-3-9(12)17-6-8/h3-4,6H,5H2,1-2H3,(H2,13,14,15). The Morgan fingerprint density at radius 1 is 1.53 bits per heavy atom. The van der Waals surface area contributed by atoms with Gasteiger partial charge in [-0.2, -0.15) is 4.98 Å². The highest BCUT2D eigenvalue weighted by Gasteiger charge is 2.09. The van der Waals surface area contributed by atoms with Crippen LogP contribution in [0, 0.1) is 6.92 Å². The Kier molecular flexibility index (Phi) is 3.63. The van der Waals surface area contributed by atoms with Gasteiger partial charge in [-0.3, -0.25) is 0 Å². The molecular weight excluding hydrogens is 300 g/mol. The molecule has 0 saturated heterocycles. The van der Waals surface area contributed by atoms with E-state index >= 15 is 0 Å². The third-order valence-electron chi connectivity index (χ3n) is 2.37. The zero-order valence-electron chi connectivity index (χ0n) is 9.64. The van der Waals surface area contributed by atoms with E-state index in [1.165, 1.54) is 5.56 Å². The normalized spacial score (nSPS) is 10.5.